The lowest BCUT2D eigenvalue weighted by atomic mass is 10.1. The zero-order chi connectivity index (χ0) is 14.8. The van der Waals surface area contributed by atoms with E-state index < -0.39 is 15.2 Å². The summed E-state index contributed by atoms with van der Waals surface area (Å²) < 4.78 is 23.8. The first-order valence-corrected chi connectivity index (χ1v) is 9.71. The highest BCUT2D eigenvalue weighted by atomic mass is 32.2. The Balaban J connectivity index is 2.25. The molecular weight excluding hydrogens is 294 g/mol. The number of nitrogens with zero attached hydrogens (tertiary/aromatic N) is 2. The minimum absolute atomic E-state index is 0.235. The molecule has 0 aliphatic carbocycles. The molecule has 0 aromatic carbocycles. The van der Waals surface area contributed by atoms with Crippen molar-refractivity contribution in [2.75, 3.05) is 36.3 Å². The largest absolute Gasteiger partial charge is 0.338 e. The third kappa shape index (κ3) is 3.45. The van der Waals surface area contributed by atoms with Crippen LogP contribution in [0.5, 0.6) is 0 Å². The van der Waals surface area contributed by atoms with Crippen molar-refractivity contribution in [1.82, 2.24) is 10.3 Å². The number of anilines is 1. The maximum absolute atomic E-state index is 11.9. The summed E-state index contributed by atoms with van der Waals surface area (Å²) in [6.45, 7) is 2.78. The lowest BCUT2D eigenvalue weighted by Gasteiger charge is -2.35. The van der Waals surface area contributed by atoms with E-state index in [1.807, 2.05) is 30.3 Å². The molecule has 1 fully saturated rings. The van der Waals surface area contributed by atoms with Crippen molar-refractivity contribution < 1.29 is 8.42 Å². The van der Waals surface area contributed by atoms with E-state index in [1.165, 1.54) is 6.26 Å². The third-order valence-electron chi connectivity index (χ3n) is 3.58. The molecule has 1 aromatic rings. The second kappa shape index (κ2) is 6.32. The van der Waals surface area contributed by atoms with Crippen LogP contribution in [0.4, 0.5) is 5.82 Å². The second-order valence-electron chi connectivity index (χ2n) is 5.01. The highest BCUT2D eigenvalue weighted by Gasteiger charge is 2.31. The number of nitrogens with one attached hydrogen (secondary N) is 1. The van der Waals surface area contributed by atoms with Crippen molar-refractivity contribution in [1.29, 1.82) is 0 Å². The van der Waals surface area contributed by atoms with Crippen molar-refractivity contribution in [3.8, 4) is 0 Å². The van der Waals surface area contributed by atoms with Gasteiger partial charge in [-0.25, -0.2) is 13.4 Å². The molecule has 112 valence electrons. The zero-order valence-corrected chi connectivity index (χ0v) is 13.7. The van der Waals surface area contributed by atoms with Gasteiger partial charge in [-0.2, -0.15) is 11.8 Å². The lowest BCUT2D eigenvalue weighted by Crippen LogP contribution is -2.47. The fraction of sp³-hybridized carbons (Fsp3) is 0.615. The van der Waals surface area contributed by atoms with Crippen molar-refractivity contribution >= 4 is 27.4 Å². The van der Waals surface area contributed by atoms with Gasteiger partial charge in [0, 0.05) is 36.5 Å². The van der Waals surface area contributed by atoms with E-state index in [9.17, 15) is 8.42 Å². The average molecular weight is 315 g/mol. The first kappa shape index (κ1) is 15.6. The van der Waals surface area contributed by atoms with Gasteiger partial charge in [-0.3, -0.25) is 0 Å². The molecule has 0 spiro atoms. The fourth-order valence-electron chi connectivity index (χ4n) is 2.19. The Labute approximate surface area is 125 Å². The Hall–Kier alpha value is -0.790. The maximum atomic E-state index is 11.9. The quantitative estimate of drug-likeness (QED) is 0.903. The van der Waals surface area contributed by atoms with Crippen LogP contribution in [0.2, 0.25) is 0 Å². The molecule has 1 aliphatic rings. The molecule has 2 heterocycles. The van der Waals surface area contributed by atoms with Gasteiger partial charge in [0.2, 0.25) is 0 Å². The number of pyridine rings is 1. The van der Waals surface area contributed by atoms with Gasteiger partial charge in [-0.1, -0.05) is 6.07 Å². The fourth-order valence-corrected chi connectivity index (χ4v) is 5.02. The molecule has 0 amide bonds. The normalized spacial score (nSPS) is 21.8. The van der Waals surface area contributed by atoms with Crippen molar-refractivity contribution in [3.63, 3.8) is 0 Å². The number of rotatable bonds is 4. The van der Waals surface area contributed by atoms with Crippen LogP contribution in [0.1, 0.15) is 18.5 Å². The molecule has 1 N–H and O–H groups in total. The molecule has 20 heavy (non-hydrogen) atoms. The Kier molecular flexibility index (Phi) is 4.93. The summed E-state index contributed by atoms with van der Waals surface area (Å²) in [6, 6.07) is 4.15. The molecule has 2 unspecified atom stereocenters. The van der Waals surface area contributed by atoms with E-state index >= 15 is 0 Å². The zero-order valence-electron chi connectivity index (χ0n) is 12.0. The Morgan fingerprint density at radius 1 is 1.50 bits per heavy atom. The Morgan fingerprint density at radius 2 is 2.25 bits per heavy atom. The van der Waals surface area contributed by atoms with Crippen LogP contribution >= 0.6 is 11.8 Å². The number of sulfone groups is 1. The van der Waals surface area contributed by atoms with E-state index in [2.05, 4.69) is 17.2 Å². The summed E-state index contributed by atoms with van der Waals surface area (Å²) >= 11 is 1.68. The number of hydrogen-bond acceptors (Lipinski definition) is 6. The van der Waals surface area contributed by atoms with Gasteiger partial charge in [0.15, 0.2) is 9.84 Å². The summed E-state index contributed by atoms with van der Waals surface area (Å²) in [4.78, 5) is 6.35. The summed E-state index contributed by atoms with van der Waals surface area (Å²) in [6.07, 6.45) is 3.12. The van der Waals surface area contributed by atoms with Gasteiger partial charge in [-0.05, 0) is 25.6 Å². The lowest BCUT2D eigenvalue weighted by molar-refractivity contribution is 0.583. The first-order chi connectivity index (χ1) is 9.43. The smallest absolute Gasteiger partial charge is 0.169 e. The first-order valence-electron chi connectivity index (χ1n) is 6.60. The van der Waals surface area contributed by atoms with Crippen LogP contribution in [-0.2, 0) is 9.84 Å². The van der Waals surface area contributed by atoms with Crippen LogP contribution < -0.4 is 10.2 Å². The molecule has 1 aliphatic heterocycles. The topological polar surface area (TPSA) is 62.3 Å². The summed E-state index contributed by atoms with van der Waals surface area (Å²) in [5, 5.41) is 2.69. The molecule has 1 aromatic heterocycles. The number of aromatic nitrogens is 1. The molecule has 2 atom stereocenters. The summed E-state index contributed by atoms with van der Waals surface area (Å²) in [5.74, 6) is 2.28. The SMILES string of the molecule is CNC(C)c1ccc(N2CCSCC2S(C)(=O)=O)nc1. The van der Waals surface area contributed by atoms with Crippen LogP contribution in [0.15, 0.2) is 18.3 Å². The molecule has 2 rings (SSSR count). The van der Waals surface area contributed by atoms with E-state index in [0.717, 1.165) is 23.7 Å². The minimum Gasteiger partial charge on any atom is -0.338 e. The molecule has 0 radical (unpaired) electrons. The van der Waals surface area contributed by atoms with Crippen LogP contribution in [0.3, 0.4) is 0 Å². The third-order valence-corrected chi connectivity index (χ3v) is 6.22. The van der Waals surface area contributed by atoms with Gasteiger partial charge in [-0.15, -0.1) is 0 Å². The van der Waals surface area contributed by atoms with Crippen molar-refractivity contribution in [2.45, 2.75) is 18.3 Å². The molecule has 7 heteroatoms. The van der Waals surface area contributed by atoms with Crippen molar-refractivity contribution in [2.24, 2.45) is 0 Å². The molecule has 0 saturated carbocycles. The second-order valence-corrected chi connectivity index (χ2v) is 8.37. The minimum atomic E-state index is -3.10. The Morgan fingerprint density at radius 3 is 2.80 bits per heavy atom. The predicted molar refractivity (Wildman–Crippen MR) is 85.0 cm³/mol. The highest BCUT2D eigenvalue weighted by molar-refractivity contribution is 8.01. The van der Waals surface area contributed by atoms with Crippen LogP contribution in [-0.4, -0.2) is 50.1 Å². The maximum Gasteiger partial charge on any atom is 0.169 e. The van der Waals surface area contributed by atoms with Crippen molar-refractivity contribution in [3.05, 3.63) is 23.9 Å². The van der Waals surface area contributed by atoms with E-state index in [4.69, 9.17) is 0 Å². The molecular formula is C13H21N3O2S2. The molecule has 5 nitrogen and oxygen atoms in total. The molecule has 1 saturated heterocycles. The summed E-state index contributed by atoms with van der Waals surface area (Å²) in [7, 11) is -1.20. The molecule has 0 bridgehead atoms. The number of thioether (sulfide) groups is 1. The highest BCUT2D eigenvalue weighted by Crippen LogP contribution is 2.26. The van der Waals surface area contributed by atoms with Gasteiger partial charge >= 0.3 is 0 Å². The van der Waals surface area contributed by atoms with Gasteiger partial charge < -0.3 is 10.2 Å². The van der Waals surface area contributed by atoms with E-state index in [1.54, 1.807) is 11.8 Å². The summed E-state index contributed by atoms with van der Waals surface area (Å²) in [5.41, 5.74) is 1.10. The standard InChI is InChI=1S/C13H21N3O2S2/c1-10(14-2)11-4-5-12(15-8-11)16-6-7-19-9-13(16)20(3,17)18/h4-5,8,10,13-14H,6-7,9H2,1-3H3. The van der Waals surface area contributed by atoms with E-state index in [0.29, 0.717) is 5.75 Å². The van der Waals surface area contributed by atoms with Gasteiger partial charge in [0.05, 0.1) is 0 Å². The monoisotopic (exact) mass is 315 g/mol. The Bertz CT molecular complexity index is 545. The van der Waals surface area contributed by atoms with Gasteiger partial charge in [0.25, 0.3) is 0 Å². The predicted octanol–water partition coefficient (Wildman–Crippen LogP) is 1.29. The van der Waals surface area contributed by atoms with Gasteiger partial charge in [0.1, 0.15) is 11.2 Å². The van der Waals surface area contributed by atoms with Crippen LogP contribution in [0.25, 0.3) is 0 Å². The van der Waals surface area contributed by atoms with E-state index in [-0.39, 0.29) is 6.04 Å². The van der Waals surface area contributed by atoms with Crippen LogP contribution in [0, 0.1) is 0 Å². The average Bonchev–Trinajstić information content (AvgIpc) is 2.46. The number of hydrogen-bond donors (Lipinski definition) is 1.